The average molecular weight is 356 g/mol. The fraction of sp³-hybridized carbons (Fsp3) is 0.0769. The monoisotopic (exact) mass is 354 g/mol. The molecule has 0 aliphatic heterocycles. The lowest BCUT2D eigenvalue weighted by Crippen LogP contribution is -1.85. The van der Waals surface area contributed by atoms with Crippen molar-refractivity contribution in [3.05, 3.63) is 39.3 Å². The molecule has 4 heteroatoms. The highest BCUT2D eigenvalue weighted by molar-refractivity contribution is 9.11. The molecule has 0 spiro atoms. The van der Waals surface area contributed by atoms with Crippen molar-refractivity contribution in [1.29, 1.82) is 0 Å². The molecule has 86 valence electrons. The van der Waals surface area contributed by atoms with E-state index < -0.39 is 0 Å². The average Bonchev–Trinajstić information content (AvgIpc) is 2.68. The van der Waals surface area contributed by atoms with Crippen LogP contribution >= 0.6 is 31.9 Å². The van der Waals surface area contributed by atoms with Crippen molar-refractivity contribution in [3.63, 3.8) is 0 Å². The highest BCUT2D eigenvalue weighted by Gasteiger charge is 2.16. The summed E-state index contributed by atoms with van der Waals surface area (Å²) in [6, 6.07) is 9.93. The van der Waals surface area contributed by atoms with Gasteiger partial charge in [-0.1, -0.05) is 18.2 Å². The van der Waals surface area contributed by atoms with E-state index in [9.17, 15) is 0 Å². The summed E-state index contributed by atoms with van der Waals surface area (Å²) >= 11 is 7.04. The summed E-state index contributed by atoms with van der Waals surface area (Å²) in [6.45, 7) is 0. The molecule has 17 heavy (non-hydrogen) atoms. The number of methoxy groups -OCH3 is 1. The molecule has 1 aromatic heterocycles. The molecule has 2 aromatic carbocycles. The van der Waals surface area contributed by atoms with E-state index in [0.717, 1.165) is 36.6 Å². The first-order valence-corrected chi connectivity index (χ1v) is 6.64. The van der Waals surface area contributed by atoms with E-state index in [1.807, 2.05) is 30.3 Å². The molecule has 0 fully saturated rings. The Morgan fingerprint density at radius 3 is 2.65 bits per heavy atom. The molecule has 2 nitrogen and oxygen atoms in total. The van der Waals surface area contributed by atoms with Gasteiger partial charge in [-0.25, -0.2) is 0 Å². The highest BCUT2D eigenvalue weighted by atomic mass is 79.9. The second-order valence-electron chi connectivity index (χ2n) is 3.68. The molecule has 0 radical (unpaired) electrons. The van der Waals surface area contributed by atoms with E-state index in [1.165, 1.54) is 0 Å². The van der Waals surface area contributed by atoms with Gasteiger partial charge in [0, 0.05) is 15.2 Å². The number of fused-ring (bicyclic) bond motifs is 3. The van der Waals surface area contributed by atoms with Crippen LogP contribution in [-0.4, -0.2) is 7.11 Å². The van der Waals surface area contributed by atoms with Crippen LogP contribution in [0.3, 0.4) is 0 Å². The number of hydrogen-bond donors (Lipinski definition) is 0. The maximum absolute atomic E-state index is 5.85. The van der Waals surface area contributed by atoms with Crippen molar-refractivity contribution < 1.29 is 9.15 Å². The molecular formula is C13H8Br2O2. The van der Waals surface area contributed by atoms with Gasteiger partial charge >= 0.3 is 0 Å². The third kappa shape index (κ3) is 1.58. The van der Waals surface area contributed by atoms with Gasteiger partial charge in [-0.2, -0.15) is 0 Å². The van der Waals surface area contributed by atoms with Crippen molar-refractivity contribution in [1.82, 2.24) is 0 Å². The summed E-state index contributed by atoms with van der Waals surface area (Å²) < 4.78 is 13.1. The van der Waals surface area contributed by atoms with Gasteiger partial charge in [0.15, 0.2) is 11.3 Å². The van der Waals surface area contributed by atoms with Gasteiger partial charge in [0.1, 0.15) is 5.58 Å². The molecule has 0 atom stereocenters. The van der Waals surface area contributed by atoms with E-state index in [4.69, 9.17) is 9.15 Å². The summed E-state index contributed by atoms with van der Waals surface area (Å²) in [6.07, 6.45) is 0. The van der Waals surface area contributed by atoms with Crippen molar-refractivity contribution in [2.45, 2.75) is 0 Å². The molecule has 3 aromatic rings. The van der Waals surface area contributed by atoms with E-state index in [2.05, 4.69) is 31.9 Å². The minimum Gasteiger partial charge on any atom is -0.492 e. The molecule has 0 saturated carbocycles. The first-order chi connectivity index (χ1) is 8.22. The number of furan rings is 1. The fourth-order valence-corrected chi connectivity index (χ4v) is 3.49. The number of halogens is 2. The topological polar surface area (TPSA) is 22.4 Å². The molecule has 0 aliphatic carbocycles. The zero-order chi connectivity index (χ0) is 12.0. The Kier molecular flexibility index (Phi) is 2.64. The number of benzene rings is 2. The highest BCUT2D eigenvalue weighted by Crippen LogP contribution is 2.43. The predicted molar refractivity (Wildman–Crippen MR) is 75.7 cm³/mol. The maximum Gasteiger partial charge on any atom is 0.179 e. The van der Waals surface area contributed by atoms with E-state index in [0.29, 0.717) is 0 Å². The van der Waals surface area contributed by atoms with Gasteiger partial charge in [0.25, 0.3) is 0 Å². The van der Waals surface area contributed by atoms with Gasteiger partial charge in [-0.3, -0.25) is 0 Å². The lowest BCUT2D eigenvalue weighted by atomic mass is 10.1. The van der Waals surface area contributed by atoms with Crippen LogP contribution in [0.5, 0.6) is 5.75 Å². The number of rotatable bonds is 1. The first-order valence-electron chi connectivity index (χ1n) is 5.05. The zero-order valence-corrected chi connectivity index (χ0v) is 12.1. The number of para-hydroxylation sites is 1. The molecular weight excluding hydrogens is 348 g/mol. The summed E-state index contributed by atoms with van der Waals surface area (Å²) in [4.78, 5) is 0. The SMILES string of the molecule is COc1c(Br)cc(Br)c2c1oc1ccccc12. The van der Waals surface area contributed by atoms with E-state index in [-0.39, 0.29) is 0 Å². The Hall–Kier alpha value is -1.00. The van der Waals surface area contributed by atoms with Crippen LogP contribution in [0.25, 0.3) is 21.9 Å². The first kappa shape index (κ1) is 11.1. The van der Waals surface area contributed by atoms with Crippen molar-refractivity contribution in [3.8, 4) is 5.75 Å². The Labute approximate surface area is 115 Å². The van der Waals surface area contributed by atoms with Gasteiger partial charge < -0.3 is 9.15 Å². The quantitative estimate of drug-likeness (QED) is 0.604. The van der Waals surface area contributed by atoms with Gasteiger partial charge in [-0.05, 0) is 44.0 Å². The summed E-state index contributed by atoms with van der Waals surface area (Å²) in [5.41, 5.74) is 1.62. The van der Waals surface area contributed by atoms with Crippen LogP contribution in [0.2, 0.25) is 0 Å². The van der Waals surface area contributed by atoms with E-state index >= 15 is 0 Å². The minimum atomic E-state index is 0.722. The molecule has 0 aliphatic rings. The van der Waals surface area contributed by atoms with Crippen LogP contribution in [0, 0.1) is 0 Å². The Morgan fingerprint density at radius 1 is 1.12 bits per heavy atom. The van der Waals surface area contributed by atoms with Crippen molar-refractivity contribution in [2.75, 3.05) is 7.11 Å². The Bertz CT molecular complexity index is 716. The molecule has 3 rings (SSSR count). The second-order valence-corrected chi connectivity index (χ2v) is 5.38. The minimum absolute atomic E-state index is 0.722. The van der Waals surface area contributed by atoms with Crippen LogP contribution in [0.1, 0.15) is 0 Å². The van der Waals surface area contributed by atoms with E-state index in [1.54, 1.807) is 7.11 Å². The molecule has 0 amide bonds. The van der Waals surface area contributed by atoms with Crippen molar-refractivity contribution >= 4 is 53.8 Å². The second kappa shape index (κ2) is 4.03. The molecule has 0 N–H and O–H groups in total. The molecule has 0 saturated heterocycles. The Morgan fingerprint density at radius 2 is 1.88 bits per heavy atom. The lowest BCUT2D eigenvalue weighted by molar-refractivity contribution is 0.409. The largest absolute Gasteiger partial charge is 0.492 e. The van der Waals surface area contributed by atoms with Crippen LogP contribution in [0.15, 0.2) is 43.7 Å². The predicted octanol–water partition coefficient (Wildman–Crippen LogP) is 5.12. The van der Waals surface area contributed by atoms with Gasteiger partial charge in [0.05, 0.1) is 11.6 Å². The zero-order valence-electron chi connectivity index (χ0n) is 8.96. The third-order valence-electron chi connectivity index (χ3n) is 2.72. The van der Waals surface area contributed by atoms with Gasteiger partial charge in [-0.15, -0.1) is 0 Å². The lowest BCUT2D eigenvalue weighted by Gasteiger charge is -2.04. The molecule has 1 heterocycles. The summed E-state index contributed by atoms with van der Waals surface area (Å²) in [7, 11) is 1.64. The maximum atomic E-state index is 5.85. The third-order valence-corrected chi connectivity index (χ3v) is 3.93. The van der Waals surface area contributed by atoms with Crippen LogP contribution in [0.4, 0.5) is 0 Å². The number of ether oxygens (including phenoxy) is 1. The standard InChI is InChI=1S/C13H8Br2O2/c1-16-12-9(15)6-8(14)11-7-4-2-3-5-10(7)17-13(11)12/h2-6H,1H3. The normalized spacial score (nSPS) is 11.2. The van der Waals surface area contributed by atoms with Crippen molar-refractivity contribution in [2.24, 2.45) is 0 Å². The summed E-state index contributed by atoms with van der Waals surface area (Å²) in [5.74, 6) is 0.722. The molecule has 0 unspecified atom stereocenters. The van der Waals surface area contributed by atoms with Crippen LogP contribution in [-0.2, 0) is 0 Å². The Balaban J connectivity index is 2.59. The smallest absolute Gasteiger partial charge is 0.179 e. The van der Waals surface area contributed by atoms with Crippen LogP contribution < -0.4 is 4.74 Å². The number of hydrogen-bond acceptors (Lipinski definition) is 2. The molecule has 0 bridgehead atoms. The van der Waals surface area contributed by atoms with Gasteiger partial charge in [0.2, 0.25) is 0 Å². The fourth-order valence-electron chi connectivity index (χ4n) is 1.99. The summed E-state index contributed by atoms with van der Waals surface area (Å²) in [5, 5.41) is 2.13.